The maximum atomic E-state index is 13.0. The molecule has 1 amide bonds. The highest BCUT2D eigenvalue weighted by atomic mass is 32.2. The molecule has 1 saturated carbocycles. The lowest BCUT2D eigenvalue weighted by molar-refractivity contribution is -0.150. The monoisotopic (exact) mass is 564 g/mol. The van der Waals surface area contributed by atoms with Gasteiger partial charge in [-0.05, 0) is 62.1 Å². The summed E-state index contributed by atoms with van der Waals surface area (Å²) in [4.78, 5) is 17.3. The molecule has 2 N–H and O–H groups in total. The van der Waals surface area contributed by atoms with Gasteiger partial charge in [0.05, 0.1) is 11.5 Å². The number of alkyl halides is 6. The lowest BCUT2D eigenvalue weighted by atomic mass is 9.90. The fourth-order valence-electron chi connectivity index (χ4n) is 4.59. The molecule has 38 heavy (non-hydrogen) atoms. The average molecular weight is 565 g/mol. The highest BCUT2D eigenvalue weighted by molar-refractivity contribution is 7.91. The number of aromatic nitrogens is 1. The van der Waals surface area contributed by atoms with Crippen molar-refractivity contribution in [1.29, 1.82) is 0 Å². The molecule has 0 unspecified atom stereocenters. The van der Waals surface area contributed by atoms with E-state index in [0.29, 0.717) is 56.5 Å². The topological polar surface area (TPSA) is 91.4 Å². The van der Waals surface area contributed by atoms with Crippen LogP contribution in [0, 0.1) is 0 Å². The Hall–Kier alpha value is -3.03. The van der Waals surface area contributed by atoms with E-state index in [9.17, 15) is 39.6 Å². The smallest absolute Gasteiger partial charge is 0.382 e. The van der Waals surface area contributed by atoms with Gasteiger partial charge < -0.3 is 15.5 Å². The number of carbonyl (C=O) groups excluding carboxylic acids is 1. The lowest BCUT2D eigenvalue weighted by Gasteiger charge is -2.31. The van der Waals surface area contributed by atoms with Gasteiger partial charge in [0, 0.05) is 42.1 Å². The van der Waals surface area contributed by atoms with Crippen LogP contribution in [0.15, 0.2) is 36.4 Å². The minimum atomic E-state index is -5.02. The Morgan fingerprint density at radius 2 is 1.34 bits per heavy atom. The van der Waals surface area contributed by atoms with Gasteiger partial charge in [0.25, 0.3) is 5.91 Å². The number of sulfone groups is 1. The van der Waals surface area contributed by atoms with Gasteiger partial charge >= 0.3 is 12.4 Å². The summed E-state index contributed by atoms with van der Waals surface area (Å²) < 4.78 is 102. The van der Waals surface area contributed by atoms with Crippen LogP contribution in [-0.4, -0.2) is 56.0 Å². The van der Waals surface area contributed by atoms with Crippen LogP contribution in [0.1, 0.15) is 47.4 Å². The summed E-state index contributed by atoms with van der Waals surface area (Å²) in [5.74, 6) is -0.130. The molecular weight excluding hydrogens is 538 g/mol. The van der Waals surface area contributed by atoms with Gasteiger partial charge in [0.15, 0.2) is 9.84 Å². The predicted octanol–water partition coefficient (Wildman–Crippen LogP) is 4.51. The Morgan fingerprint density at radius 3 is 1.84 bits per heavy atom. The maximum absolute atomic E-state index is 13.0. The Morgan fingerprint density at radius 1 is 0.842 bits per heavy atom. The fourth-order valence-corrected chi connectivity index (χ4v) is 5.79. The third-order valence-electron chi connectivity index (χ3n) is 6.68. The first-order valence-corrected chi connectivity index (χ1v) is 13.8. The summed E-state index contributed by atoms with van der Waals surface area (Å²) in [6, 6.07) is 7.40. The van der Waals surface area contributed by atoms with E-state index in [0.717, 1.165) is 5.69 Å². The number of pyridine rings is 1. The van der Waals surface area contributed by atoms with E-state index in [-0.39, 0.29) is 35.2 Å². The Balaban J connectivity index is 1.31. The quantitative estimate of drug-likeness (QED) is 0.520. The van der Waals surface area contributed by atoms with E-state index in [1.807, 2.05) is 4.90 Å². The molecule has 1 aliphatic carbocycles. The summed E-state index contributed by atoms with van der Waals surface area (Å²) in [6.07, 6.45) is -8.18. The highest BCUT2D eigenvalue weighted by Gasteiger charge is 2.39. The number of hydrogen-bond acceptors (Lipinski definition) is 6. The molecule has 0 atom stereocenters. The second-order valence-corrected chi connectivity index (χ2v) is 11.8. The standard InChI is InChI=1S/C24H26F6N4O3S/c25-23(26,27)20-13-18(14-21(33-20)24(28,29)30)31-16-3-5-17(6-4-16)32-22(35)15-1-7-19(8-2-15)34-9-11-38(36,37)12-10-34/h1-2,7-8,13-14,16-17H,3-6,9-12H2,(H,31,33)(H,32,35). The summed E-state index contributed by atoms with van der Waals surface area (Å²) >= 11 is 0. The number of amides is 1. The SMILES string of the molecule is O=C(NC1CCC(Nc2cc(C(F)(F)F)nc(C(F)(F)F)c2)CC1)c1ccc(N2CCS(=O)(=O)CC2)cc1. The van der Waals surface area contributed by atoms with Crippen LogP contribution < -0.4 is 15.5 Å². The summed E-state index contributed by atoms with van der Waals surface area (Å²) in [5, 5.41) is 5.68. The Kier molecular flexibility index (Phi) is 7.82. The highest BCUT2D eigenvalue weighted by Crippen LogP contribution is 2.35. The van der Waals surface area contributed by atoms with Crippen molar-refractivity contribution < 1.29 is 39.6 Å². The van der Waals surface area contributed by atoms with Gasteiger partial charge in [-0.2, -0.15) is 26.3 Å². The molecule has 1 aromatic heterocycles. The first-order valence-electron chi connectivity index (χ1n) is 12.0. The molecule has 4 rings (SSSR count). The van der Waals surface area contributed by atoms with Gasteiger partial charge in [-0.15, -0.1) is 0 Å². The van der Waals surface area contributed by atoms with Crippen molar-refractivity contribution >= 4 is 27.1 Å². The Bertz CT molecular complexity index is 1210. The van der Waals surface area contributed by atoms with Crippen LogP contribution in [-0.2, 0) is 22.2 Å². The van der Waals surface area contributed by atoms with Gasteiger partial charge in [0.1, 0.15) is 11.4 Å². The fraction of sp³-hybridized carbons (Fsp3) is 0.500. The minimum absolute atomic E-state index is 0.0842. The van der Waals surface area contributed by atoms with E-state index < -0.39 is 33.6 Å². The molecule has 0 bridgehead atoms. The number of halogens is 6. The molecule has 208 valence electrons. The van der Waals surface area contributed by atoms with Gasteiger partial charge in [-0.3, -0.25) is 4.79 Å². The number of hydrogen-bond donors (Lipinski definition) is 2. The molecule has 1 saturated heterocycles. The number of nitrogens with one attached hydrogen (secondary N) is 2. The van der Waals surface area contributed by atoms with Crippen LogP contribution in [0.3, 0.4) is 0 Å². The van der Waals surface area contributed by atoms with Crippen LogP contribution in [0.2, 0.25) is 0 Å². The van der Waals surface area contributed by atoms with Crippen molar-refractivity contribution in [2.24, 2.45) is 0 Å². The lowest BCUT2D eigenvalue weighted by Crippen LogP contribution is -2.40. The second-order valence-electron chi connectivity index (χ2n) is 9.47. The third kappa shape index (κ3) is 7.08. The van der Waals surface area contributed by atoms with Gasteiger partial charge in [0.2, 0.25) is 0 Å². The zero-order chi connectivity index (χ0) is 27.7. The molecule has 14 heteroatoms. The molecule has 0 spiro atoms. The minimum Gasteiger partial charge on any atom is -0.382 e. The average Bonchev–Trinajstić information content (AvgIpc) is 2.84. The van der Waals surface area contributed by atoms with E-state index in [1.54, 1.807) is 24.3 Å². The van der Waals surface area contributed by atoms with Crippen molar-refractivity contribution in [2.45, 2.75) is 50.1 Å². The van der Waals surface area contributed by atoms with Crippen molar-refractivity contribution in [2.75, 3.05) is 34.8 Å². The largest absolute Gasteiger partial charge is 0.433 e. The second kappa shape index (κ2) is 10.6. The zero-order valence-electron chi connectivity index (χ0n) is 20.1. The maximum Gasteiger partial charge on any atom is 0.433 e. The summed E-state index contributed by atoms with van der Waals surface area (Å²) in [7, 11) is -3.00. The molecule has 2 fully saturated rings. The van der Waals surface area contributed by atoms with E-state index in [4.69, 9.17) is 0 Å². The van der Waals surface area contributed by atoms with E-state index in [1.165, 1.54) is 0 Å². The van der Waals surface area contributed by atoms with Crippen LogP contribution in [0.5, 0.6) is 0 Å². The van der Waals surface area contributed by atoms with E-state index in [2.05, 4.69) is 15.6 Å². The van der Waals surface area contributed by atoms with Crippen molar-refractivity contribution in [1.82, 2.24) is 10.3 Å². The van der Waals surface area contributed by atoms with Crippen molar-refractivity contribution in [3.05, 3.63) is 53.3 Å². The molecule has 2 heterocycles. The Labute approximate surface area is 215 Å². The molecule has 1 aromatic carbocycles. The molecule has 2 aromatic rings. The number of rotatable bonds is 5. The third-order valence-corrected chi connectivity index (χ3v) is 8.29. The molecule has 1 aliphatic heterocycles. The first kappa shape index (κ1) is 28.0. The van der Waals surface area contributed by atoms with Crippen molar-refractivity contribution in [3.63, 3.8) is 0 Å². The first-order chi connectivity index (χ1) is 17.7. The van der Waals surface area contributed by atoms with Crippen LogP contribution >= 0.6 is 0 Å². The summed E-state index contributed by atoms with van der Waals surface area (Å²) in [5.41, 5.74) is -2.30. The number of nitrogens with zero attached hydrogens (tertiary/aromatic N) is 2. The van der Waals surface area contributed by atoms with Gasteiger partial charge in [-0.25, -0.2) is 13.4 Å². The molecular formula is C24H26F6N4O3S. The van der Waals surface area contributed by atoms with E-state index >= 15 is 0 Å². The number of carbonyl (C=O) groups is 1. The van der Waals surface area contributed by atoms with Crippen LogP contribution in [0.4, 0.5) is 37.7 Å². The normalized spacial score (nSPS) is 22.1. The zero-order valence-corrected chi connectivity index (χ0v) is 20.9. The molecule has 2 aliphatic rings. The van der Waals surface area contributed by atoms with Gasteiger partial charge in [-0.1, -0.05) is 0 Å². The molecule has 7 nitrogen and oxygen atoms in total. The summed E-state index contributed by atoms with van der Waals surface area (Å²) in [6.45, 7) is 0.777. The van der Waals surface area contributed by atoms with Crippen molar-refractivity contribution in [3.8, 4) is 0 Å². The van der Waals surface area contributed by atoms with Crippen LogP contribution in [0.25, 0.3) is 0 Å². The number of anilines is 2. The predicted molar refractivity (Wildman–Crippen MR) is 129 cm³/mol. The number of benzene rings is 1. The molecule has 0 radical (unpaired) electrons.